The molecule has 5 nitrogen and oxygen atoms in total. The van der Waals surface area contributed by atoms with Crippen LogP contribution in [0.1, 0.15) is 49.8 Å². The lowest BCUT2D eigenvalue weighted by molar-refractivity contribution is 0.0963. The first kappa shape index (κ1) is 16.8. The summed E-state index contributed by atoms with van der Waals surface area (Å²) in [6.45, 7) is 1.87. The van der Waals surface area contributed by atoms with Crippen molar-refractivity contribution in [1.29, 1.82) is 0 Å². The van der Waals surface area contributed by atoms with E-state index in [9.17, 15) is 9.59 Å². The Bertz CT molecular complexity index is 1020. The van der Waals surface area contributed by atoms with Crippen molar-refractivity contribution in [2.45, 2.75) is 32.6 Å². The van der Waals surface area contributed by atoms with Crippen LogP contribution >= 0.6 is 11.3 Å². The number of hydrogen-bond donors (Lipinski definition) is 2. The highest BCUT2D eigenvalue weighted by Gasteiger charge is 2.27. The van der Waals surface area contributed by atoms with Gasteiger partial charge in [-0.25, -0.2) is 0 Å². The van der Waals surface area contributed by atoms with E-state index in [0.717, 1.165) is 42.2 Å². The number of aryl methyl sites for hydroxylation is 2. The summed E-state index contributed by atoms with van der Waals surface area (Å²) in [5, 5.41) is 7.16. The first-order valence-electron chi connectivity index (χ1n) is 8.76. The van der Waals surface area contributed by atoms with Crippen molar-refractivity contribution in [3.8, 4) is 0 Å². The summed E-state index contributed by atoms with van der Waals surface area (Å²) in [5.74, 6) is -0.177. The number of fused-ring (bicyclic) bond motifs is 2. The highest BCUT2D eigenvalue weighted by molar-refractivity contribution is 7.17. The molecule has 0 saturated heterocycles. The number of benzene rings is 1. The van der Waals surface area contributed by atoms with Crippen LogP contribution in [0.2, 0.25) is 0 Å². The Hall–Kier alpha value is -2.60. The van der Waals surface area contributed by atoms with Gasteiger partial charge in [0.15, 0.2) is 5.76 Å². The van der Waals surface area contributed by atoms with Crippen LogP contribution in [0.15, 0.2) is 28.7 Å². The topological polar surface area (TPSA) is 71.3 Å². The average Bonchev–Trinajstić information content (AvgIpc) is 3.19. The van der Waals surface area contributed by atoms with E-state index in [4.69, 9.17) is 4.42 Å². The molecule has 6 heteroatoms. The lowest BCUT2D eigenvalue weighted by Crippen LogP contribution is -2.22. The Labute approximate surface area is 155 Å². The molecule has 0 unspecified atom stereocenters. The first-order valence-corrected chi connectivity index (χ1v) is 9.58. The van der Waals surface area contributed by atoms with Gasteiger partial charge < -0.3 is 15.1 Å². The van der Waals surface area contributed by atoms with E-state index in [2.05, 4.69) is 10.6 Å². The number of amides is 2. The van der Waals surface area contributed by atoms with Crippen molar-refractivity contribution < 1.29 is 14.0 Å². The van der Waals surface area contributed by atoms with E-state index in [1.54, 1.807) is 7.05 Å². The summed E-state index contributed by atoms with van der Waals surface area (Å²) in [4.78, 5) is 26.5. The van der Waals surface area contributed by atoms with E-state index in [1.807, 2.05) is 31.2 Å². The van der Waals surface area contributed by atoms with Crippen LogP contribution in [-0.4, -0.2) is 18.9 Å². The fourth-order valence-electron chi connectivity index (χ4n) is 3.57. The van der Waals surface area contributed by atoms with Crippen molar-refractivity contribution in [2.24, 2.45) is 0 Å². The number of hydrogen-bond acceptors (Lipinski definition) is 4. The predicted octanol–water partition coefficient (Wildman–Crippen LogP) is 4.29. The van der Waals surface area contributed by atoms with Crippen molar-refractivity contribution in [3.05, 3.63) is 51.6 Å². The van der Waals surface area contributed by atoms with Crippen LogP contribution in [0, 0.1) is 6.92 Å². The first-order chi connectivity index (χ1) is 12.6. The molecule has 0 radical (unpaired) electrons. The minimum absolute atomic E-state index is 0.152. The van der Waals surface area contributed by atoms with Gasteiger partial charge in [-0.05, 0) is 44.2 Å². The molecule has 0 atom stereocenters. The van der Waals surface area contributed by atoms with Crippen LogP contribution < -0.4 is 10.6 Å². The Morgan fingerprint density at radius 3 is 2.65 bits per heavy atom. The SMILES string of the molecule is CNC(=O)c1c(NC(=O)c2oc3ccccc3c2C)sc2c1CCCC2. The molecule has 2 N–H and O–H groups in total. The zero-order valence-electron chi connectivity index (χ0n) is 14.8. The number of carbonyl (C=O) groups excluding carboxylic acids is 2. The second-order valence-electron chi connectivity index (χ2n) is 6.50. The number of nitrogens with one attached hydrogen (secondary N) is 2. The summed E-state index contributed by atoms with van der Waals surface area (Å²) in [6.07, 6.45) is 4.04. The Balaban J connectivity index is 1.72. The molecule has 0 saturated carbocycles. The Kier molecular flexibility index (Phi) is 4.28. The van der Waals surface area contributed by atoms with E-state index in [0.29, 0.717) is 21.9 Å². The van der Waals surface area contributed by atoms with Crippen LogP contribution in [0.4, 0.5) is 5.00 Å². The van der Waals surface area contributed by atoms with Gasteiger partial charge in [-0.15, -0.1) is 11.3 Å². The van der Waals surface area contributed by atoms with Crippen LogP contribution in [0.5, 0.6) is 0 Å². The van der Waals surface area contributed by atoms with Gasteiger partial charge in [0.05, 0.1) is 5.56 Å². The van der Waals surface area contributed by atoms with Gasteiger partial charge in [0, 0.05) is 22.9 Å². The van der Waals surface area contributed by atoms with Gasteiger partial charge in [0.2, 0.25) is 0 Å². The summed E-state index contributed by atoms with van der Waals surface area (Å²) in [6, 6.07) is 7.58. The monoisotopic (exact) mass is 368 g/mol. The standard InChI is InChI=1S/C20H20N2O3S/c1-11-12-7-3-5-9-14(12)25-17(11)19(24)22-20-16(18(23)21-2)13-8-4-6-10-15(13)26-20/h3,5,7,9H,4,6,8,10H2,1-2H3,(H,21,23)(H,22,24). The third-order valence-corrected chi connectivity index (χ3v) is 6.11. The molecule has 1 aliphatic rings. The zero-order valence-corrected chi connectivity index (χ0v) is 15.6. The van der Waals surface area contributed by atoms with E-state index in [1.165, 1.54) is 16.2 Å². The molecule has 134 valence electrons. The number of rotatable bonds is 3. The Morgan fingerprint density at radius 1 is 1.12 bits per heavy atom. The maximum absolute atomic E-state index is 12.9. The van der Waals surface area contributed by atoms with E-state index >= 15 is 0 Å². The van der Waals surface area contributed by atoms with E-state index in [-0.39, 0.29) is 11.8 Å². The van der Waals surface area contributed by atoms with Gasteiger partial charge in [-0.3, -0.25) is 9.59 Å². The van der Waals surface area contributed by atoms with Gasteiger partial charge in [0.25, 0.3) is 11.8 Å². The molecule has 0 spiro atoms. The third-order valence-electron chi connectivity index (χ3n) is 4.90. The lowest BCUT2D eigenvalue weighted by atomic mass is 9.95. The molecule has 3 aromatic rings. The summed E-state index contributed by atoms with van der Waals surface area (Å²) < 4.78 is 5.75. The van der Waals surface area contributed by atoms with Crippen molar-refractivity contribution in [1.82, 2.24) is 5.32 Å². The zero-order chi connectivity index (χ0) is 18.3. The molecular weight excluding hydrogens is 348 g/mol. The summed E-state index contributed by atoms with van der Waals surface area (Å²) in [5.41, 5.74) is 3.18. The fourth-order valence-corrected chi connectivity index (χ4v) is 4.85. The highest BCUT2D eigenvalue weighted by atomic mass is 32.1. The number of para-hydroxylation sites is 1. The van der Waals surface area contributed by atoms with E-state index < -0.39 is 0 Å². The molecule has 4 rings (SSSR count). The van der Waals surface area contributed by atoms with Gasteiger partial charge in [-0.2, -0.15) is 0 Å². The molecule has 0 aliphatic heterocycles. The Morgan fingerprint density at radius 2 is 1.88 bits per heavy atom. The fraction of sp³-hybridized carbons (Fsp3) is 0.300. The molecule has 2 amide bonds. The van der Waals surface area contributed by atoms with Crippen molar-refractivity contribution in [3.63, 3.8) is 0 Å². The van der Waals surface area contributed by atoms with Crippen LogP contribution in [-0.2, 0) is 12.8 Å². The molecule has 1 aromatic carbocycles. The quantitative estimate of drug-likeness (QED) is 0.724. The van der Waals surface area contributed by atoms with Crippen molar-refractivity contribution >= 4 is 39.1 Å². The van der Waals surface area contributed by atoms with Crippen molar-refractivity contribution in [2.75, 3.05) is 12.4 Å². The minimum Gasteiger partial charge on any atom is -0.451 e. The summed E-state index contributed by atoms with van der Waals surface area (Å²) in [7, 11) is 1.62. The predicted molar refractivity (Wildman–Crippen MR) is 103 cm³/mol. The van der Waals surface area contributed by atoms with Gasteiger partial charge in [0.1, 0.15) is 10.6 Å². The van der Waals surface area contributed by atoms with Crippen LogP contribution in [0.25, 0.3) is 11.0 Å². The molecule has 2 aromatic heterocycles. The average molecular weight is 368 g/mol. The van der Waals surface area contributed by atoms with Gasteiger partial charge >= 0.3 is 0 Å². The number of furan rings is 1. The number of carbonyl (C=O) groups is 2. The number of anilines is 1. The second kappa shape index (κ2) is 6.61. The minimum atomic E-state index is -0.317. The highest BCUT2D eigenvalue weighted by Crippen LogP contribution is 2.38. The van der Waals surface area contributed by atoms with Gasteiger partial charge in [-0.1, -0.05) is 18.2 Å². The van der Waals surface area contributed by atoms with Crippen LogP contribution in [0.3, 0.4) is 0 Å². The largest absolute Gasteiger partial charge is 0.451 e. The number of thiophene rings is 1. The molecule has 0 fully saturated rings. The summed E-state index contributed by atoms with van der Waals surface area (Å²) >= 11 is 1.51. The molecular formula is C20H20N2O3S. The lowest BCUT2D eigenvalue weighted by Gasteiger charge is -2.12. The maximum Gasteiger partial charge on any atom is 0.292 e. The maximum atomic E-state index is 12.9. The molecule has 0 bridgehead atoms. The second-order valence-corrected chi connectivity index (χ2v) is 7.61. The third kappa shape index (κ3) is 2.70. The molecule has 26 heavy (non-hydrogen) atoms. The molecule has 1 aliphatic carbocycles. The smallest absolute Gasteiger partial charge is 0.292 e. The molecule has 2 heterocycles. The normalized spacial score (nSPS) is 13.5.